The fourth-order valence-electron chi connectivity index (χ4n) is 1.13. The Bertz CT molecular complexity index is 385. The van der Waals surface area contributed by atoms with Crippen LogP contribution in [0.2, 0.25) is 0 Å². The van der Waals surface area contributed by atoms with Crippen LogP contribution in [0.3, 0.4) is 0 Å². The molecule has 4 nitrogen and oxygen atoms in total. The Hall–Kier alpha value is -1.23. The first-order valence-electron chi connectivity index (χ1n) is 3.79. The van der Waals surface area contributed by atoms with Gasteiger partial charge >= 0.3 is 0 Å². The zero-order valence-electron chi connectivity index (χ0n) is 6.74. The molecule has 0 amide bonds. The number of rotatable bonds is 2. The molecule has 0 aliphatic heterocycles. The third-order valence-electron chi connectivity index (χ3n) is 1.75. The number of nitrogens with zero attached hydrogens (tertiary/aromatic N) is 3. The number of aromatic amines is 1. The van der Waals surface area contributed by atoms with Gasteiger partial charge in [0, 0.05) is 10.9 Å². The van der Waals surface area contributed by atoms with Crippen molar-refractivity contribution in [3.05, 3.63) is 29.8 Å². The van der Waals surface area contributed by atoms with Gasteiger partial charge in [0.1, 0.15) is 0 Å². The average Bonchev–Trinajstić information content (AvgIpc) is 2.70. The van der Waals surface area contributed by atoms with Crippen LogP contribution in [-0.2, 0) is 5.33 Å². The highest BCUT2D eigenvalue weighted by Crippen LogP contribution is 2.20. The van der Waals surface area contributed by atoms with Crippen LogP contribution in [0.1, 0.15) is 5.56 Å². The van der Waals surface area contributed by atoms with Crippen molar-refractivity contribution < 1.29 is 0 Å². The third kappa shape index (κ3) is 1.60. The second-order valence-electron chi connectivity index (χ2n) is 2.53. The molecular formula is C8H7BrN4. The van der Waals surface area contributed by atoms with Gasteiger partial charge < -0.3 is 0 Å². The number of H-pyrrole nitrogens is 1. The second-order valence-corrected chi connectivity index (χ2v) is 3.09. The molecule has 0 saturated heterocycles. The standard InChI is InChI=1S/C8H7BrN4/c9-5-6-3-1-2-4-7(6)8-10-12-13-11-8/h1-4H,5H2,(H,10,11,12,13). The van der Waals surface area contributed by atoms with Crippen molar-refractivity contribution in [2.45, 2.75) is 5.33 Å². The van der Waals surface area contributed by atoms with Crippen LogP contribution in [0.15, 0.2) is 24.3 Å². The van der Waals surface area contributed by atoms with Crippen LogP contribution >= 0.6 is 15.9 Å². The van der Waals surface area contributed by atoms with Gasteiger partial charge in [0.2, 0.25) is 5.82 Å². The maximum Gasteiger partial charge on any atom is 0.204 e. The van der Waals surface area contributed by atoms with Gasteiger partial charge in [-0.25, -0.2) is 0 Å². The minimum atomic E-state index is 0.634. The lowest BCUT2D eigenvalue weighted by atomic mass is 10.1. The first-order chi connectivity index (χ1) is 6.42. The van der Waals surface area contributed by atoms with Crippen molar-refractivity contribution in [3.8, 4) is 11.4 Å². The molecule has 0 fully saturated rings. The molecule has 1 aromatic carbocycles. The minimum absolute atomic E-state index is 0.634. The molecular weight excluding hydrogens is 232 g/mol. The Morgan fingerprint density at radius 3 is 2.85 bits per heavy atom. The predicted molar refractivity (Wildman–Crippen MR) is 52.2 cm³/mol. The number of benzene rings is 1. The Labute approximate surface area is 83.5 Å². The van der Waals surface area contributed by atoms with Crippen molar-refractivity contribution in [2.24, 2.45) is 0 Å². The summed E-state index contributed by atoms with van der Waals surface area (Å²) >= 11 is 3.41. The van der Waals surface area contributed by atoms with Crippen LogP contribution < -0.4 is 0 Å². The number of hydrogen-bond acceptors (Lipinski definition) is 3. The number of hydrogen-bond donors (Lipinski definition) is 1. The quantitative estimate of drug-likeness (QED) is 0.812. The van der Waals surface area contributed by atoms with E-state index in [0.717, 1.165) is 16.5 Å². The molecule has 1 heterocycles. The van der Waals surface area contributed by atoms with E-state index >= 15 is 0 Å². The zero-order valence-corrected chi connectivity index (χ0v) is 8.32. The summed E-state index contributed by atoms with van der Waals surface area (Å²) in [6, 6.07) is 7.94. The van der Waals surface area contributed by atoms with Crippen LogP contribution in [0, 0.1) is 0 Å². The molecule has 0 unspecified atom stereocenters. The topological polar surface area (TPSA) is 54.5 Å². The summed E-state index contributed by atoms with van der Waals surface area (Å²) in [4.78, 5) is 0. The van der Waals surface area contributed by atoms with E-state index in [2.05, 4.69) is 36.6 Å². The molecule has 0 aliphatic rings. The average molecular weight is 239 g/mol. The summed E-state index contributed by atoms with van der Waals surface area (Å²) in [5, 5.41) is 14.6. The van der Waals surface area contributed by atoms with Gasteiger partial charge in [-0.1, -0.05) is 40.2 Å². The van der Waals surface area contributed by atoms with E-state index in [1.807, 2.05) is 24.3 Å². The van der Waals surface area contributed by atoms with Gasteiger partial charge in [-0.05, 0) is 10.8 Å². The van der Waals surface area contributed by atoms with Crippen molar-refractivity contribution >= 4 is 15.9 Å². The van der Waals surface area contributed by atoms with E-state index < -0.39 is 0 Å². The molecule has 0 aliphatic carbocycles. The van der Waals surface area contributed by atoms with E-state index in [9.17, 15) is 0 Å². The maximum atomic E-state index is 3.93. The van der Waals surface area contributed by atoms with Crippen LogP contribution in [-0.4, -0.2) is 20.6 Å². The molecule has 0 radical (unpaired) electrons. The molecule has 5 heteroatoms. The number of nitrogens with one attached hydrogen (secondary N) is 1. The smallest absolute Gasteiger partial charge is 0.177 e. The van der Waals surface area contributed by atoms with Crippen molar-refractivity contribution in [2.75, 3.05) is 0 Å². The largest absolute Gasteiger partial charge is 0.204 e. The Morgan fingerprint density at radius 2 is 2.15 bits per heavy atom. The van der Waals surface area contributed by atoms with Gasteiger partial charge in [-0.15, -0.1) is 10.2 Å². The van der Waals surface area contributed by atoms with Gasteiger partial charge in [0.25, 0.3) is 0 Å². The van der Waals surface area contributed by atoms with Gasteiger partial charge in [-0.3, -0.25) is 0 Å². The van der Waals surface area contributed by atoms with Crippen LogP contribution in [0.25, 0.3) is 11.4 Å². The Morgan fingerprint density at radius 1 is 1.31 bits per heavy atom. The Balaban J connectivity index is 2.51. The predicted octanol–water partition coefficient (Wildman–Crippen LogP) is 1.76. The highest BCUT2D eigenvalue weighted by molar-refractivity contribution is 9.08. The molecule has 13 heavy (non-hydrogen) atoms. The summed E-state index contributed by atoms with van der Waals surface area (Å²) in [7, 11) is 0. The van der Waals surface area contributed by atoms with E-state index in [-0.39, 0.29) is 0 Å². The van der Waals surface area contributed by atoms with E-state index in [1.165, 1.54) is 0 Å². The number of aromatic nitrogens is 4. The SMILES string of the molecule is BrCc1ccccc1-c1nn[nH]n1. The summed E-state index contributed by atoms with van der Waals surface area (Å²) in [5.41, 5.74) is 2.16. The van der Waals surface area contributed by atoms with Crippen molar-refractivity contribution in [1.82, 2.24) is 20.6 Å². The second kappa shape index (κ2) is 3.66. The molecule has 1 aromatic heterocycles. The lowest BCUT2D eigenvalue weighted by Crippen LogP contribution is -1.87. The summed E-state index contributed by atoms with van der Waals surface area (Å²) in [6.07, 6.45) is 0. The first-order valence-corrected chi connectivity index (χ1v) is 4.91. The highest BCUT2D eigenvalue weighted by atomic mass is 79.9. The molecule has 2 aromatic rings. The highest BCUT2D eigenvalue weighted by Gasteiger charge is 2.06. The number of alkyl halides is 1. The number of tetrazole rings is 1. The van der Waals surface area contributed by atoms with Gasteiger partial charge in [0.15, 0.2) is 0 Å². The Kier molecular flexibility index (Phi) is 2.35. The normalized spacial score (nSPS) is 10.2. The molecule has 2 rings (SSSR count). The van der Waals surface area contributed by atoms with E-state index in [4.69, 9.17) is 0 Å². The fraction of sp³-hybridized carbons (Fsp3) is 0.125. The molecule has 0 saturated carbocycles. The summed E-state index contributed by atoms with van der Waals surface area (Å²) in [5.74, 6) is 0.634. The maximum absolute atomic E-state index is 3.93. The monoisotopic (exact) mass is 238 g/mol. The molecule has 0 spiro atoms. The van der Waals surface area contributed by atoms with Gasteiger partial charge in [0.05, 0.1) is 0 Å². The van der Waals surface area contributed by atoms with Crippen LogP contribution in [0.4, 0.5) is 0 Å². The van der Waals surface area contributed by atoms with Crippen molar-refractivity contribution in [3.63, 3.8) is 0 Å². The molecule has 0 atom stereocenters. The molecule has 0 bridgehead atoms. The number of halogens is 1. The van der Waals surface area contributed by atoms with E-state index in [0.29, 0.717) is 5.82 Å². The zero-order chi connectivity index (χ0) is 9.10. The third-order valence-corrected chi connectivity index (χ3v) is 2.35. The van der Waals surface area contributed by atoms with Crippen LogP contribution in [0.5, 0.6) is 0 Å². The lowest BCUT2D eigenvalue weighted by molar-refractivity contribution is 0.881. The molecule has 1 N–H and O–H groups in total. The first kappa shape index (κ1) is 8.37. The fourth-order valence-corrected chi connectivity index (χ4v) is 1.62. The minimum Gasteiger partial charge on any atom is -0.177 e. The summed E-state index contributed by atoms with van der Waals surface area (Å²) in [6.45, 7) is 0. The van der Waals surface area contributed by atoms with Crippen molar-refractivity contribution in [1.29, 1.82) is 0 Å². The van der Waals surface area contributed by atoms with E-state index in [1.54, 1.807) is 0 Å². The van der Waals surface area contributed by atoms with Gasteiger partial charge in [-0.2, -0.15) is 5.21 Å². The molecule has 66 valence electrons. The lowest BCUT2D eigenvalue weighted by Gasteiger charge is -2.00. The summed E-state index contributed by atoms with van der Waals surface area (Å²) < 4.78 is 0.